The molecule has 1 saturated heterocycles. The van der Waals surface area contributed by atoms with Crippen LogP contribution < -0.4 is 0 Å². The fourth-order valence-electron chi connectivity index (χ4n) is 3.85. The van der Waals surface area contributed by atoms with Crippen LogP contribution >= 0.6 is 0 Å². The maximum Gasteiger partial charge on any atom is 0.119 e. The number of phenolic OH excluding ortho intramolecular Hbond substituents is 1. The number of rotatable bonds is 2. The molecule has 98 valence electrons. The molecular formula is C16H23NO. The smallest absolute Gasteiger partial charge is 0.119 e. The lowest BCUT2D eigenvalue weighted by Crippen LogP contribution is -2.49. The molecule has 0 bridgehead atoms. The highest BCUT2D eigenvalue weighted by atomic mass is 16.3. The summed E-state index contributed by atoms with van der Waals surface area (Å²) >= 11 is 0. The highest BCUT2D eigenvalue weighted by Gasteiger charge is 2.35. The molecule has 2 heteroatoms. The van der Waals surface area contributed by atoms with E-state index < -0.39 is 0 Å². The topological polar surface area (TPSA) is 23.5 Å². The molecule has 0 saturated carbocycles. The van der Waals surface area contributed by atoms with Gasteiger partial charge in [-0.05, 0) is 68.3 Å². The van der Waals surface area contributed by atoms with Crippen LogP contribution in [-0.2, 0) is 12.8 Å². The molecule has 2 nitrogen and oxygen atoms in total. The molecule has 1 fully saturated rings. The molecule has 0 radical (unpaired) electrons. The van der Waals surface area contributed by atoms with Gasteiger partial charge in [-0.25, -0.2) is 0 Å². The van der Waals surface area contributed by atoms with Crippen molar-refractivity contribution >= 4 is 0 Å². The fourth-order valence-corrected chi connectivity index (χ4v) is 3.85. The van der Waals surface area contributed by atoms with Gasteiger partial charge in [-0.3, -0.25) is 4.90 Å². The standard InChI is InChI=1S/C16H23NO/c1-2-8-17-9-4-6-13-10-12-5-3-7-16(18)14(12)11-15(13)17/h3,5,7,13,15,18H,2,4,6,8-11H2,1H3/t13-,15+/m0/s1. The van der Waals surface area contributed by atoms with E-state index >= 15 is 0 Å². The predicted octanol–water partition coefficient (Wildman–Crippen LogP) is 2.98. The third kappa shape index (κ3) is 2.03. The molecule has 0 unspecified atom stereocenters. The summed E-state index contributed by atoms with van der Waals surface area (Å²) in [4.78, 5) is 2.66. The summed E-state index contributed by atoms with van der Waals surface area (Å²) in [7, 11) is 0. The second-order valence-electron chi connectivity index (χ2n) is 5.83. The molecule has 18 heavy (non-hydrogen) atoms. The molecule has 0 aromatic heterocycles. The fraction of sp³-hybridized carbons (Fsp3) is 0.625. The number of nitrogens with zero attached hydrogens (tertiary/aromatic N) is 1. The van der Waals surface area contributed by atoms with E-state index in [4.69, 9.17) is 0 Å². The van der Waals surface area contributed by atoms with Gasteiger partial charge in [0, 0.05) is 6.04 Å². The number of aromatic hydroxyl groups is 1. The number of phenols is 1. The zero-order valence-corrected chi connectivity index (χ0v) is 11.2. The van der Waals surface area contributed by atoms with Crippen LogP contribution in [0.25, 0.3) is 0 Å². The van der Waals surface area contributed by atoms with Crippen LogP contribution in [-0.4, -0.2) is 29.1 Å². The molecule has 0 spiro atoms. The monoisotopic (exact) mass is 245 g/mol. The third-order valence-electron chi connectivity index (χ3n) is 4.69. The van der Waals surface area contributed by atoms with Crippen molar-refractivity contribution in [3.05, 3.63) is 29.3 Å². The van der Waals surface area contributed by atoms with Gasteiger partial charge in [-0.2, -0.15) is 0 Å². The Morgan fingerprint density at radius 2 is 2.22 bits per heavy atom. The maximum atomic E-state index is 10.0. The van der Waals surface area contributed by atoms with Crippen molar-refractivity contribution in [2.24, 2.45) is 5.92 Å². The Morgan fingerprint density at radius 1 is 1.33 bits per heavy atom. The van der Waals surface area contributed by atoms with Crippen LogP contribution in [0.1, 0.15) is 37.3 Å². The second kappa shape index (κ2) is 4.93. The Balaban J connectivity index is 1.88. The van der Waals surface area contributed by atoms with Gasteiger partial charge in [0.2, 0.25) is 0 Å². The largest absolute Gasteiger partial charge is 0.508 e. The first-order valence-corrected chi connectivity index (χ1v) is 7.33. The average molecular weight is 245 g/mol. The Bertz CT molecular complexity index is 427. The van der Waals surface area contributed by atoms with E-state index in [9.17, 15) is 5.11 Å². The molecule has 1 aliphatic heterocycles. The molecule has 3 rings (SSSR count). The summed E-state index contributed by atoms with van der Waals surface area (Å²) in [6.07, 6.45) is 6.15. The van der Waals surface area contributed by atoms with E-state index in [0.29, 0.717) is 11.8 Å². The lowest BCUT2D eigenvalue weighted by molar-refractivity contribution is 0.0848. The number of hydrogen-bond donors (Lipinski definition) is 1. The van der Waals surface area contributed by atoms with Crippen molar-refractivity contribution in [2.75, 3.05) is 13.1 Å². The Kier molecular flexibility index (Phi) is 3.29. The van der Waals surface area contributed by atoms with Crippen LogP contribution in [0.2, 0.25) is 0 Å². The van der Waals surface area contributed by atoms with Crippen LogP contribution in [0, 0.1) is 5.92 Å². The van der Waals surface area contributed by atoms with Gasteiger partial charge in [0.05, 0.1) is 0 Å². The van der Waals surface area contributed by atoms with E-state index in [2.05, 4.69) is 17.9 Å². The summed E-state index contributed by atoms with van der Waals surface area (Å²) in [5, 5.41) is 10.0. The lowest BCUT2D eigenvalue weighted by atomic mass is 9.75. The normalized spacial score (nSPS) is 27.6. The predicted molar refractivity (Wildman–Crippen MR) is 73.9 cm³/mol. The first-order chi connectivity index (χ1) is 8.79. The minimum absolute atomic E-state index is 0.507. The maximum absolute atomic E-state index is 10.0. The molecule has 1 aromatic rings. The quantitative estimate of drug-likeness (QED) is 0.866. The number of piperidine rings is 1. The summed E-state index contributed by atoms with van der Waals surface area (Å²) in [6, 6.07) is 6.69. The molecule has 2 aliphatic rings. The first kappa shape index (κ1) is 12.0. The van der Waals surface area contributed by atoms with Crippen molar-refractivity contribution in [1.29, 1.82) is 0 Å². The zero-order valence-electron chi connectivity index (χ0n) is 11.2. The third-order valence-corrected chi connectivity index (χ3v) is 4.69. The summed E-state index contributed by atoms with van der Waals surface area (Å²) in [6.45, 7) is 4.72. The lowest BCUT2D eigenvalue weighted by Gasteiger charge is -2.44. The number of fused-ring (bicyclic) bond motifs is 2. The summed E-state index contributed by atoms with van der Waals surface area (Å²) < 4.78 is 0. The van der Waals surface area contributed by atoms with E-state index in [1.165, 1.54) is 43.5 Å². The summed E-state index contributed by atoms with van der Waals surface area (Å²) in [5.41, 5.74) is 2.59. The van der Waals surface area contributed by atoms with Gasteiger partial charge in [0.1, 0.15) is 5.75 Å². The molecular weight excluding hydrogens is 222 g/mol. The second-order valence-corrected chi connectivity index (χ2v) is 5.83. The highest BCUT2D eigenvalue weighted by Crippen LogP contribution is 2.38. The van der Waals surface area contributed by atoms with Crippen LogP contribution in [0.5, 0.6) is 5.75 Å². The SMILES string of the molecule is CCCN1CCC[C@H]2Cc3cccc(O)c3C[C@H]21. The van der Waals surface area contributed by atoms with Gasteiger partial charge >= 0.3 is 0 Å². The molecule has 1 heterocycles. The van der Waals surface area contributed by atoms with E-state index in [1.54, 1.807) is 0 Å². The number of hydrogen-bond acceptors (Lipinski definition) is 2. The van der Waals surface area contributed by atoms with Gasteiger partial charge in [-0.1, -0.05) is 19.1 Å². The molecule has 1 aromatic carbocycles. The van der Waals surface area contributed by atoms with Gasteiger partial charge < -0.3 is 5.11 Å². The van der Waals surface area contributed by atoms with Gasteiger partial charge in [-0.15, -0.1) is 0 Å². The number of benzene rings is 1. The van der Waals surface area contributed by atoms with Crippen molar-refractivity contribution < 1.29 is 5.11 Å². The highest BCUT2D eigenvalue weighted by molar-refractivity contribution is 5.42. The molecule has 0 amide bonds. The van der Waals surface area contributed by atoms with Gasteiger partial charge in [0.25, 0.3) is 0 Å². The zero-order chi connectivity index (χ0) is 12.5. The summed E-state index contributed by atoms with van der Waals surface area (Å²) in [5.74, 6) is 1.31. The van der Waals surface area contributed by atoms with E-state index in [1.807, 2.05) is 12.1 Å². The van der Waals surface area contributed by atoms with Gasteiger partial charge in [0.15, 0.2) is 0 Å². The Labute approximate surface area is 110 Å². The minimum atomic E-state index is 0.507. The number of likely N-dealkylation sites (tertiary alicyclic amines) is 1. The Morgan fingerprint density at radius 3 is 3.06 bits per heavy atom. The van der Waals surface area contributed by atoms with Crippen molar-refractivity contribution in [2.45, 2.75) is 45.1 Å². The molecule has 2 atom stereocenters. The van der Waals surface area contributed by atoms with Crippen LogP contribution in [0.3, 0.4) is 0 Å². The Hall–Kier alpha value is -1.02. The van der Waals surface area contributed by atoms with Crippen LogP contribution in [0.15, 0.2) is 18.2 Å². The van der Waals surface area contributed by atoms with Crippen molar-refractivity contribution in [3.8, 4) is 5.75 Å². The first-order valence-electron chi connectivity index (χ1n) is 7.33. The minimum Gasteiger partial charge on any atom is -0.508 e. The average Bonchev–Trinajstić information content (AvgIpc) is 2.38. The molecule has 1 aliphatic carbocycles. The van der Waals surface area contributed by atoms with Crippen molar-refractivity contribution in [1.82, 2.24) is 4.90 Å². The van der Waals surface area contributed by atoms with E-state index in [-0.39, 0.29) is 0 Å². The molecule has 1 N–H and O–H groups in total. The van der Waals surface area contributed by atoms with Crippen LogP contribution in [0.4, 0.5) is 0 Å². The van der Waals surface area contributed by atoms with Crippen molar-refractivity contribution in [3.63, 3.8) is 0 Å². The van der Waals surface area contributed by atoms with E-state index in [0.717, 1.165) is 18.8 Å².